The summed E-state index contributed by atoms with van der Waals surface area (Å²) in [6.45, 7) is 2.90. The molecule has 0 saturated carbocycles. The predicted octanol–water partition coefficient (Wildman–Crippen LogP) is 2.99. The monoisotopic (exact) mass is 306 g/mol. The summed E-state index contributed by atoms with van der Waals surface area (Å²) in [6.07, 6.45) is 5.68. The Balaban J connectivity index is 2.08. The van der Waals surface area contributed by atoms with Gasteiger partial charge < -0.3 is 10.6 Å². The number of halogens is 1. The molecule has 0 amide bonds. The van der Waals surface area contributed by atoms with Crippen LogP contribution in [0.15, 0.2) is 30.6 Å². The fraction of sp³-hybridized carbons (Fsp3) is 0.438. The molecular formula is C16H23ClN4. The molecule has 0 saturated heterocycles. The van der Waals surface area contributed by atoms with Crippen molar-refractivity contribution in [3.05, 3.63) is 46.7 Å². The molecule has 0 aliphatic heterocycles. The van der Waals surface area contributed by atoms with E-state index in [0.717, 1.165) is 35.7 Å². The smallest absolute Gasteiger partial charge is 0.0539 e. The Labute approximate surface area is 131 Å². The van der Waals surface area contributed by atoms with Crippen LogP contribution in [0.3, 0.4) is 0 Å². The molecule has 0 aliphatic carbocycles. The van der Waals surface area contributed by atoms with Gasteiger partial charge in [0.15, 0.2) is 0 Å². The number of anilines is 1. The quantitative estimate of drug-likeness (QED) is 0.892. The van der Waals surface area contributed by atoms with Gasteiger partial charge in [-0.2, -0.15) is 5.10 Å². The number of hydrogen-bond acceptors (Lipinski definition) is 3. The molecule has 2 N–H and O–H groups in total. The van der Waals surface area contributed by atoms with Gasteiger partial charge in [-0.25, -0.2) is 0 Å². The number of nitrogens with two attached hydrogens (primary N) is 1. The maximum Gasteiger partial charge on any atom is 0.0539 e. The summed E-state index contributed by atoms with van der Waals surface area (Å²) in [6, 6.07) is 6.35. The van der Waals surface area contributed by atoms with Crippen LogP contribution in [0, 0.1) is 0 Å². The summed E-state index contributed by atoms with van der Waals surface area (Å²) in [7, 11) is 3.97. The van der Waals surface area contributed by atoms with E-state index in [1.165, 1.54) is 5.56 Å². The molecule has 0 fully saturated rings. The third kappa shape index (κ3) is 4.22. The molecule has 1 unspecified atom stereocenters. The van der Waals surface area contributed by atoms with Crippen LogP contribution in [0.4, 0.5) is 5.69 Å². The molecule has 2 aromatic rings. The van der Waals surface area contributed by atoms with Crippen LogP contribution >= 0.6 is 11.6 Å². The standard InChI is InChI=1S/C16H23ClN4/c1-4-14(18)7-13-5-6-15(8-16(13)17)20(2)10-12-9-19-21(3)11-12/h5-6,8-9,11,14H,4,7,10,18H2,1-3H3. The van der Waals surface area contributed by atoms with Crippen LogP contribution in [0.1, 0.15) is 24.5 Å². The molecule has 5 heteroatoms. The normalized spacial score (nSPS) is 12.4. The van der Waals surface area contributed by atoms with Gasteiger partial charge in [0.1, 0.15) is 0 Å². The molecule has 2 rings (SSSR count). The molecule has 1 atom stereocenters. The van der Waals surface area contributed by atoms with Crippen LogP contribution < -0.4 is 10.6 Å². The van der Waals surface area contributed by atoms with E-state index in [1.807, 2.05) is 30.2 Å². The molecule has 0 spiro atoms. The maximum atomic E-state index is 6.38. The first-order valence-electron chi connectivity index (χ1n) is 7.22. The Morgan fingerprint density at radius 1 is 1.43 bits per heavy atom. The van der Waals surface area contributed by atoms with Gasteiger partial charge in [0, 0.05) is 49.2 Å². The zero-order valence-corrected chi connectivity index (χ0v) is 13.6. The Morgan fingerprint density at radius 3 is 2.76 bits per heavy atom. The van der Waals surface area contributed by atoms with Crippen LogP contribution in [0.5, 0.6) is 0 Å². The summed E-state index contributed by atoms with van der Waals surface area (Å²) in [5, 5.41) is 4.97. The highest BCUT2D eigenvalue weighted by Gasteiger charge is 2.09. The van der Waals surface area contributed by atoms with E-state index < -0.39 is 0 Å². The van der Waals surface area contributed by atoms with Crippen molar-refractivity contribution < 1.29 is 0 Å². The van der Waals surface area contributed by atoms with Crippen molar-refractivity contribution in [2.75, 3.05) is 11.9 Å². The molecule has 0 bridgehead atoms. The number of aromatic nitrogens is 2. The third-order valence-electron chi connectivity index (χ3n) is 3.66. The zero-order chi connectivity index (χ0) is 15.4. The highest BCUT2D eigenvalue weighted by Crippen LogP contribution is 2.25. The lowest BCUT2D eigenvalue weighted by atomic mass is 10.0. The largest absolute Gasteiger partial charge is 0.370 e. The Hall–Kier alpha value is -1.52. The topological polar surface area (TPSA) is 47.1 Å². The minimum atomic E-state index is 0.168. The molecule has 21 heavy (non-hydrogen) atoms. The Kier molecular flexibility index (Phi) is 5.26. The van der Waals surface area contributed by atoms with Gasteiger partial charge in [0.2, 0.25) is 0 Å². The first kappa shape index (κ1) is 15.9. The van der Waals surface area contributed by atoms with Crippen molar-refractivity contribution in [3.63, 3.8) is 0 Å². The van der Waals surface area contributed by atoms with E-state index >= 15 is 0 Å². The highest BCUT2D eigenvalue weighted by atomic mass is 35.5. The first-order valence-corrected chi connectivity index (χ1v) is 7.60. The van der Waals surface area contributed by atoms with Gasteiger partial charge in [0.05, 0.1) is 6.20 Å². The van der Waals surface area contributed by atoms with Crippen LogP contribution in [0.25, 0.3) is 0 Å². The molecule has 4 nitrogen and oxygen atoms in total. The SMILES string of the molecule is CCC(N)Cc1ccc(N(C)Cc2cnn(C)c2)cc1Cl. The van der Waals surface area contributed by atoms with E-state index in [4.69, 9.17) is 17.3 Å². The fourth-order valence-electron chi connectivity index (χ4n) is 2.28. The summed E-state index contributed by atoms with van der Waals surface area (Å²) in [5.74, 6) is 0. The number of hydrogen-bond donors (Lipinski definition) is 1. The summed E-state index contributed by atoms with van der Waals surface area (Å²) in [5.41, 5.74) is 9.38. The number of benzene rings is 1. The van der Waals surface area contributed by atoms with Crippen molar-refractivity contribution >= 4 is 17.3 Å². The minimum absolute atomic E-state index is 0.168. The van der Waals surface area contributed by atoms with Gasteiger partial charge in [-0.15, -0.1) is 0 Å². The lowest BCUT2D eigenvalue weighted by Crippen LogP contribution is -2.21. The average Bonchev–Trinajstić information content (AvgIpc) is 2.86. The highest BCUT2D eigenvalue weighted by molar-refractivity contribution is 6.31. The van der Waals surface area contributed by atoms with E-state index in [0.29, 0.717) is 0 Å². The van der Waals surface area contributed by atoms with Crippen molar-refractivity contribution in [1.29, 1.82) is 0 Å². The zero-order valence-electron chi connectivity index (χ0n) is 12.9. The first-order chi connectivity index (χ1) is 9.99. The number of nitrogens with zero attached hydrogens (tertiary/aromatic N) is 3. The third-order valence-corrected chi connectivity index (χ3v) is 4.01. The van der Waals surface area contributed by atoms with Gasteiger partial charge in [-0.05, 0) is 30.5 Å². The van der Waals surface area contributed by atoms with Crippen LogP contribution in [-0.2, 0) is 20.0 Å². The average molecular weight is 307 g/mol. The molecule has 0 aliphatic rings. The van der Waals surface area contributed by atoms with Crippen LogP contribution in [0.2, 0.25) is 5.02 Å². The van der Waals surface area contributed by atoms with Gasteiger partial charge in [-0.3, -0.25) is 4.68 Å². The van der Waals surface area contributed by atoms with Crippen molar-refractivity contribution in [1.82, 2.24) is 9.78 Å². The van der Waals surface area contributed by atoms with E-state index in [2.05, 4.69) is 36.1 Å². The lowest BCUT2D eigenvalue weighted by Gasteiger charge is -2.20. The van der Waals surface area contributed by atoms with Crippen molar-refractivity contribution in [2.45, 2.75) is 32.4 Å². The second-order valence-electron chi connectivity index (χ2n) is 5.53. The second kappa shape index (κ2) is 6.96. The summed E-state index contributed by atoms with van der Waals surface area (Å²) in [4.78, 5) is 2.16. The van der Waals surface area contributed by atoms with E-state index in [9.17, 15) is 0 Å². The number of aryl methyl sites for hydroxylation is 1. The molecule has 1 aromatic carbocycles. The minimum Gasteiger partial charge on any atom is -0.370 e. The number of rotatable bonds is 6. The lowest BCUT2D eigenvalue weighted by molar-refractivity contribution is 0.646. The second-order valence-corrected chi connectivity index (χ2v) is 5.93. The van der Waals surface area contributed by atoms with Crippen LogP contribution in [-0.4, -0.2) is 22.9 Å². The van der Waals surface area contributed by atoms with Gasteiger partial charge >= 0.3 is 0 Å². The Morgan fingerprint density at radius 2 is 2.19 bits per heavy atom. The van der Waals surface area contributed by atoms with Gasteiger partial charge in [0.25, 0.3) is 0 Å². The Bertz CT molecular complexity index is 594. The fourth-order valence-corrected chi connectivity index (χ4v) is 2.54. The summed E-state index contributed by atoms with van der Waals surface area (Å²) >= 11 is 6.38. The van der Waals surface area contributed by atoms with Crippen molar-refractivity contribution in [3.8, 4) is 0 Å². The maximum absolute atomic E-state index is 6.38. The summed E-state index contributed by atoms with van der Waals surface area (Å²) < 4.78 is 1.81. The molecular weight excluding hydrogens is 284 g/mol. The van der Waals surface area contributed by atoms with E-state index in [1.54, 1.807) is 0 Å². The molecule has 1 aromatic heterocycles. The van der Waals surface area contributed by atoms with E-state index in [-0.39, 0.29) is 6.04 Å². The molecule has 1 heterocycles. The van der Waals surface area contributed by atoms with Crippen molar-refractivity contribution in [2.24, 2.45) is 12.8 Å². The molecule has 0 radical (unpaired) electrons. The predicted molar refractivity (Wildman–Crippen MR) is 88.7 cm³/mol. The van der Waals surface area contributed by atoms with Gasteiger partial charge in [-0.1, -0.05) is 24.6 Å². The molecule has 114 valence electrons.